The lowest BCUT2D eigenvalue weighted by atomic mass is 9.70. The number of pyridine rings is 1. The van der Waals surface area contributed by atoms with Gasteiger partial charge in [0.05, 0.1) is 5.69 Å². The van der Waals surface area contributed by atoms with Gasteiger partial charge in [-0.05, 0) is 30.5 Å². The molecule has 0 N–H and O–H groups in total. The maximum Gasteiger partial charge on any atom is 0.0509 e. The highest BCUT2D eigenvalue weighted by molar-refractivity contribution is 5.35. The van der Waals surface area contributed by atoms with E-state index in [1.165, 1.54) is 49.8 Å². The average Bonchev–Trinajstić information content (AvgIpc) is 2.57. The average molecular weight is 281 g/mol. The van der Waals surface area contributed by atoms with Gasteiger partial charge in [-0.2, -0.15) is 0 Å². The van der Waals surface area contributed by atoms with Crippen LogP contribution in [0, 0.1) is 0 Å². The van der Waals surface area contributed by atoms with Gasteiger partial charge in [0.1, 0.15) is 0 Å². The molecular formula is C20H27N. The zero-order valence-corrected chi connectivity index (χ0v) is 13.4. The number of hydrogen-bond donors (Lipinski definition) is 0. The molecule has 112 valence electrons. The standard InChI is InChI=1S/C20H27N/c1-3-5-15-20(16-6-4-2,18-12-8-7-9-13-18)19-14-10-11-17-21-19/h7-14,17H,3-6,15-16H2,1-2H3. The van der Waals surface area contributed by atoms with E-state index in [1.807, 2.05) is 12.3 Å². The minimum atomic E-state index is 0.0779. The van der Waals surface area contributed by atoms with Crippen LogP contribution in [0.1, 0.15) is 63.6 Å². The molecule has 0 radical (unpaired) electrons. The molecule has 0 spiro atoms. The van der Waals surface area contributed by atoms with Crippen LogP contribution in [0.3, 0.4) is 0 Å². The first kappa shape index (κ1) is 15.8. The zero-order valence-electron chi connectivity index (χ0n) is 13.4. The predicted molar refractivity (Wildman–Crippen MR) is 90.5 cm³/mol. The van der Waals surface area contributed by atoms with Crippen molar-refractivity contribution in [2.24, 2.45) is 0 Å². The summed E-state index contributed by atoms with van der Waals surface area (Å²) in [6, 6.07) is 17.3. The van der Waals surface area contributed by atoms with Crippen LogP contribution in [0.5, 0.6) is 0 Å². The quantitative estimate of drug-likeness (QED) is 0.600. The Morgan fingerprint density at radius 1 is 0.810 bits per heavy atom. The van der Waals surface area contributed by atoms with E-state index in [0.29, 0.717) is 0 Å². The van der Waals surface area contributed by atoms with Gasteiger partial charge in [-0.25, -0.2) is 0 Å². The summed E-state index contributed by atoms with van der Waals surface area (Å²) in [7, 11) is 0. The fourth-order valence-corrected chi connectivity index (χ4v) is 3.18. The van der Waals surface area contributed by atoms with Crippen molar-refractivity contribution in [3.05, 3.63) is 66.0 Å². The van der Waals surface area contributed by atoms with Crippen molar-refractivity contribution >= 4 is 0 Å². The summed E-state index contributed by atoms with van der Waals surface area (Å²) < 4.78 is 0. The first-order chi connectivity index (χ1) is 10.3. The van der Waals surface area contributed by atoms with Crippen LogP contribution in [0.2, 0.25) is 0 Å². The molecule has 0 aliphatic heterocycles. The SMILES string of the molecule is CCCCC(CCCC)(c1ccccc1)c1ccccn1. The smallest absolute Gasteiger partial charge is 0.0509 e. The van der Waals surface area contributed by atoms with Crippen LogP contribution in [-0.2, 0) is 5.41 Å². The number of benzene rings is 1. The van der Waals surface area contributed by atoms with Crippen LogP contribution in [0.15, 0.2) is 54.7 Å². The normalized spacial score (nSPS) is 11.5. The number of nitrogens with zero attached hydrogens (tertiary/aromatic N) is 1. The summed E-state index contributed by atoms with van der Waals surface area (Å²) >= 11 is 0. The molecule has 0 atom stereocenters. The number of rotatable bonds is 8. The van der Waals surface area contributed by atoms with Gasteiger partial charge < -0.3 is 0 Å². The Balaban J connectivity index is 2.48. The topological polar surface area (TPSA) is 12.9 Å². The molecule has 1 heterocycles. The van der Waals surface area contributed by atoms with E-state index in [0.717, 1.165) is 0 Å². The molecule has 0 aliphatic carbocycles. The van der Waals surface area contributed by atoms with Gasteiger partial charge in [-0.15, -0.1) is 0 Å². The van der Waals surface area contributed by atoms with E-state index in [2.05, 4.69) is 56.3 Å². The second kappa shape index (κ2) is 7.97. The molecule has 0 aliphatic rings. The van der Waals surface area contributed by atoms with Crippen molar-refractivity contribution in [3.63, 3.8) is 0 Å². The fraction of sp³-hybridized carbons (Fsp3) is 0.450. The summed E-state index contributed by atoms with van der Waals surface area (Å²) in [6.45, 7) is 4.54. The Bertz CT molecular complexity index is 454. The van der Waals surface area contributed by atoms with Crippen LogP contribution in [0.25, 0.3) is 0 Å². The molecule has 0 saturated heterocycles. The maximum absolute atomic E-state index is 4.73. The van der Waals surface area contributed by atoms with Crippen LogP contribution in [-0.4, -0.2) is 4.98 Å². The van der Waals surface area contributed by atoms with Gasteiger partial charge in [-0.1, -0.05) is 75.9 Å². The molecule has 0 bridgehead atoms. The molecule has 0 saturated carbocycles. The van der Waals surface area contributed by atoms with E-state index in [4.69, 9.17) is 4.98 Å². The maximum atomic E-state index is 4.73. The molecule has 0 amide bonds. The van der Waals surface area contributed by atoms with Crippen molar-refractivity contribution in [2.45, 2.75) is 57.8 Å². The minimum Gasteiger partial charge on any atom is -0.260 e. The number of hydrogen-bond acceptors (Lipinski definition) is 1. The molecule has 21 heavy (non-hydrogen) atoms. The lowest BCUT2D eigenvalue weighted by Gasteiger charge is -2.34. The summed E-state index contributed by atoms with van der Waals surface area (Å²) in [6.07, 6.45) is 9.26. The van der Waals surface area contributed by atoms with E-state index < -0.39 is 0 Å². The van der Waals surface area contributed by atoms with Crippen LogP contribution < -0.4 is 0 Å². The molecule has 1 aromatic heterocycles. The highest BCUT2D eigenvalue weighted by atomic mass is 14.7. The lowest BCUT2D eigenvalue weighted by molar-refractivity contribution is 0.396. The molecule has 2 aromatic rings. The largest absolute Gasteiger partial charge is 0.260 e. The Kier molecular flexibility index (Phi) is 5.98. The van der Waals surface area contributed by atoms with Crippen molar-refractivity contribution in [2.75, 3.05) is 0 Å². The second-order valence-electron chi connectivity index (χ2n) is 5.87. The minimum absolute atomic E-state index is 0.0779. The fourth-order valence-electron chi connectivity index (χ4n) is 3.18. The Labute approximate surface area is 129 Å². The molecule has 1 aromatic carbocycles. The zero-order chi connectivity index (χ0) is 15.0. The van der Waals surface area contributed by atoms with E-state index in [1.54, 1.807) is 0 Å². The Morgan fingerprint density at radius 2 is 1.43 bits per heavy atom. The third-order valence-corrected chi connectivity index (χ3v) is 4.40. The van der Waals surface area contributed by atoms with Gasteiger partial charge in [0.2, 0.25) is 0 Å². The monoisotopic (exact) mass is 281 g/mol. The first-order valence-electron chi connectivity index (χ1n) is 8.30. The molecule has 1 nitrogen and oxygen atoms in total. The van der Waals surface area contributed by atoms with Crippen molar-refractivity contribution < 1.29 is 0 Å². The summed E-state index contributed by atoms with van der Waals surface area (Å²) in [5.41, 5.74) is 2.73. The summed E-state index contributed by atoms with van der Waals surface area (Å²) in [4.78, 5) is 4.73. The lowest BCUT2D eigenvalue weighted by Crippen LogP contribution is -2.29. The van der Waals surface area contributed by atoms with Gasteiger partial charge in [0, 0.05) is 11.6 Å². The molecule has 0 fully saturated rings. The van der Waals surface area contributed by atoms with Gasteiger partial charge >= 0.3 is 0 Å². The van der Waals surface area contributed by atoms with Gasteiger partial charge in [-0.3, -0.25) is 4.98 Å². The van der Waals surface area contributed by atoms with Crippen LogP contribution >= 0.6 is 0 Å². The van der Waals surface area contributed by atoms with Crippen molar-refractivity contribution in [3.8, 4) is 0 Å². The highest BCUT2D eigenvalue weighted by Gasteiger charge is 2.34. The Hall–Kier alpha value is -1.63. The molecule has 1 heteroatoms. The van der Waals surface area contributed by atoms with Crippen molar-refractivity contribution in [1.82, 2.24) is 4.98 Å². The Morgan fingerprint density at radius 3 is 1.95 bits per heavy atom. The van der Waals surface area contributed by atoms with Gasteiger partial charge in [0.15, 0.2) is 0 Å². The van der Waals surface area contributed by atoms with Crippen molar-refractivity contribution in [1.29, 1.82) is 0 Å². The summed E-state index contributed by atoms with van der Waals surface area (Å²) in [5, 5.41) is 0. The van der Waals surface area contributed by atoms with E-state index in [-0.39, 0.29) is 5.41 Å². The third-order valence-electron chi connectivity index (χ3n) is 4.40. The van der Waals surface area contributed by atoms with Gasteiger partial charge in [0.25, 0.3) is 0 Å². The van der Waals surface area contributed by atoms with Crippen LogP contribution in [0.4, 0.5) is 0 Å². The molecular weight excluding hydrogens is 254 g/mol. The number of unbranched alkanes of at least 4 members (excludes halogenated alkanes) is 2. The highest BCUT2D eigenvalue weighted by Crippen LogP contribution is 2.40. The first-order valence-corrected chi connectivity index (χ1v) is 8.30. The van der Waals surface area contributed by atoms with E-state index in [9.17, 15) is 0 Å². The predicted octanol–water partition coefficient (Wildman–Crippen LogP) is 5.75. The number of aromatic nitrogens is 1. The van der Waals surface area contributed by atoms with E-state index >= 15 is 0 Å². The molecule has 0 unspecified atom stereocenters. The summed E-state index contributed by atoms with van der Waals surface area (Å²) in [5.74, 6) is 0. The second-order valence-corrected chi connectivity index (χ2v) is 5.87. The third kappa shape index (κ3) is 3.72. The molecule has 2 rings (SSSR count).